The van der Waals surface area contributed by atoms with E-state index in [1.54, 1.807) is 24.3 Å². The maximum atomic E-state index is 13.0. The molecule has 0 heterocycles. The molecule has 22 heavy (non-hydrogen) atoms. The van der Waals surface area contributed by atoms with Crippen LogP contribution < -0.4 is 10.6 Å². The number of phenolic OH excluding ortho intramolecular Hbond substituents is 1. The lowest BCUT2D eigenvalue weighted by molar-refractivity contribution is -0.136. The number of halogens is 1. The largest absolute Gasteiger partial charge is 0.508 e. The lowest BCUT2D eigenvalue weighted by Crippen LogP contribution is -2.36. The van der Waals surface area contributed by atoms with E-state index in [1.807, 2.05) is 0 Å². The molecule has 0 aliphatic heterocycles. The van der Waals surface area contributed by atoms with E-state index >= 15 is 0 Å². The monoisotopic (exact) mass is 302 g/mol. The van der Waals surface area contributed by atoms with Crippen molar-refractivity contribution in [2.75, 3.05) is 11.9 Å². The fourth-order valence-corrected chi connectivity index (χ4v) is 1.82. The van der Waals surface area contributed by atoms with E-state index in [4.69, 9.17) is 5.11 Å². The Labute approximate surface area is 126 Å². The number of nitrogens with one attached hydrogen (secondary N) is 2. The molecule has 5 nitrogen and oxygen atoms in total. The summed E-state index contributed by atoms with van der Waals surface area (Å²) < 4.78 is 13.0. The van der Waals surface area contributed by atoms with Crippen LogP contribution in [0, 0.1) is 5.82 Å². The highest BCUT2D eigenvalue weighted by molar-refractivity contribution is 6.39. The summed E-state index contributed by atoms with van der Waals surface area (Å²) in [7, 11) is 0. The Morgan fingerprint density at radius 3 is 2.45 bits per heavy atom. The van der Waals surface area contributed by atoms with Crippen molar-refractivity contribution in [3.63, 3.8) is 0 Å². The molecule has 2 aromatic rings. The van der Waals surface area contributed by atoms with Gasteiger partial charge in [0.2, 0.25) is 0 Å². The minimum absolute atomic E-state index is 0.169. The number of rotatable bonds is 4. The third-order valence-corrected chi connectivity index (χ3v) is 2.92. The topological polar surface area (TPSA) is 78.4 Å². The van der Waals surface area contributed by atoms with E-state index in [0.717, 1.165) is 11.6 Å². The van der Waals surface area contributed by atoms with Gasteiger partial charge in [-0.15, -0.1) is 0 Å². The Morgan fingerprint density at radius 1 is 1.05 bits per heavy atom. The first kappa shape index (κ1) is 15.5. The summed E-state index contributed by atoms with van der Waals surface area (Å²) in [6, 6.07) is 11.9. The molecule has 2 rings (SSSR count). The van der Waals surface area contributed by atoms with E-state index in [1.165, 1.54) is 18.2 Å². The highest BCUT2D eigenvalue weighted by atomic mass is 19.1. The summed E-state index contributed by atoms with van der Waals surface area (Å²) in [4.78, 5) is 23.3. The van der Waals surface area contributed by atoms with E-state index in [0.29, 0.717) is 6.42 Å². The van der Waals surface area contributed by atoms with Crippen LogP contribution in [0.3, 0.4) is 0 Å². The normalized spacial score (nSPS) is 10.0. The molecule has 0 unspecified atom stereocenters. The highest BCUT2D eigenvalue weighted by Gasteiger charge is 2.13. The number of carbonyl (C=O) groups is 2. The number of amides is 2. The molecule has 6 heteroatoms. The molecule has 114 valence electrons. The van der Waals surface area contributed by atoms with Gasteiger partial charge in [-0.25, -0.2) is 4.39 Å². The van der Waals surface area contributed by atoms with Gasteiger partial charge in [-0.05, 0) is 42.3 Å². The summed E-state index contributed by atoms with van der Waals surface area (Å²) in [5.41, 5.74) is 1.14. The van der Waals surface area contributed by atoms with Crippen LogP contribution in [0.5, 0.6) is 5.75 Å². The van der Waals surface area contributed by atoms with Gasteiger partial charge in [0.05, 0.1) is 0 Å². The minimum Gasteiger partial charge on any atom is -0.508 e. The molecule has 0 saturated carbocycles. The SMILES string of the molecule is O=C(NCCc1ccc(O)cc1)C(=O)Nc1cccc(F)c1. The molecule has 0 saturated heterocycles. The third kappa shape index (κ3) is 4.59. The number of aromatic hydroxyl groups is 1. The minimum atomic E-state index is -0.851. The maximum absolute atomic E-state index is 13.0. The number of anilines is 1. The number of carbonyl (C=O) groups excluding carboxylic acids is 2. The van der Waals surface area contributed by atoms with Crippen molar-refractivity contribution in [2.24, 2.45) is 0 Å². The van der Waals surface area contributed by atoms with Crippen molar-refractivity contribution in [3.8, 4) is 5.75 Å². The number of phenols is 1. The molecule has 2 aromatic carbocycles. The number of hydrogen-bond acceptors (Lipinski definition) is 3. The predicted molar refractivity (Wildman–Crippen MR) is 79.9 cm³/mol. The van der Waals surface area contributed by atoms with Gasteiger partial charge in [-0.2, -0.15) is 0 Å². The first-order chi connectivity index (χ1) is 10.5. The van der Waals surface area contributed by atoms with Crippen LogP contribution in [0.1, 0.15) is 5.56 Å². The van der Waals surface area contributed by atoms with Gasteiger partial charge in [-0.1, -0.05) is 18.2 Å². The van der Waals surface area contributed by atoms with Crippen LogP contribution in [-0.2, 0) is 16.0 Å². The Morgan fingerprint density at radius 2 is 1.77 bits per heavy atom. The van der Waals surface area contributed by atoms with Crippen molar-refractivity contribution in [1.82, 2.24) is 5.32 Å². The van der Waals surface area contributed by atoms with Gasteiger partial charge in [0, 0.05) is 12.2 Å². The first-order valence-corrected chi connectivity index (χ1v) is 6.67. The molecule has 0 aromatic heterocycles. The fraction of sp³-hybridized carbons (Fsp3) is 0.125. The summed E-state index contributed by atoms with van der Waals surface area (Å²) in [5.74, 6) is -1.97. The van der Waals surface area contributed by atoms with Crippen molar-refractivity contribution >= 4 is 17.5 Å². The third-order valence-electron chi connectivity index (χ3n) is 2.92. The zero-order valence-corrected chi connectivity index (χ0v) is 11.7. The Kier molecular flexibility index (Phi) is 5.08. The molecule has 0 atom stereocenters. The molecule has 0 fully saturated rings. The average Bonchev–Trinajstić information content (AvgIpc) is 2.49. The Bertz CT molecular complexity index is 671. The zero-order chi connectivity index (χ0) is 15.9. The van der Waals surface area contributed by atoms with Gasteiger partial charge < -0.3 is 15.7 Å². The molecular formula is C16H15FN2O3. The van der Waals surface area contributed by atoms with E-state index in [2.05, 4.69) is 10.6 Å². The van der Waals surface area contributed by atoms with Crippen LogP contribution in [0.2, 0.25) is 0 Å². The quantitative estimate of drug-likeness (QED) is 0.754. The number of benzene rings is 2. The first-order valence-electron chi connectivity index (χ1n) is 6.67. The molecule has 0 aliphatic rings. The summed E-state index contributed by atoms with van der Waals surface area (Å²) in [6.07, 6.45) is 0.527. The smallest absolute Gasteiger partial charge is 0.313 e. The summed E-state index contributed by atoms with van der Waals surface area (Å²) in [5, 5.41) is 13.9. The van der Waals surface area contributed by atoms with Gasteiger partial charge >= 0.3 is 11.8 Å². The number of hydrogen-bond donors (Lipinski definition) is 3. The van der Waals surface area contributed by atoms with Gasteiger partial charge in [-0.3, -0.25) is 9.59 Å². The molecule has 0 aliphatic carbocycles. The van der Waals surface area contributed by atoms with Crippen LogP contribution in [-0.4, -0.2) is 23.5 Å². The molecular weight excluding hydrogens is 287 g/mol. The molecule has 0 bridgehead atoms. The van der Waals surface area contributed by atoms with E-state index in [-0.39, 0.29) is 18.0 Å². The lowest BCUT2D eigenvalue weighted by Gasteiger charge is -2.07. The standard InChI is InChI=1S/C16H15FN2O3/c17-12-2-1-3-13(10-12)19-16(22)15(21)18-9-8-11-4-6-14(20)7-5-11/h1-7,10,20H,8-9H2,(H,18,21)(H,19,22). The van der Waals surface area contributed by atoms with Gasteiger partial charge in [0.25, 0.3) is 0 Å². The fourth-order valence-electron chi connectivity index (χ4n) is 1.82. The van der Waals surface area contributed by atoms with Crippen molar-refractivity contribution in [1.29, 1.82) is 0 Å². The lowest BCUT2D eigenvalue weighted by atomic mass is 10.1. The predicted octanol–water partition coefficient (Wildman–Crippen LogP) is 1.83. The second kappa shape index (κ2) is 7.21. The van der Waals surface area contributed by atoms with Gasteiger partial charge in [0.15, 0.2) is 0 Å². The van der Waals surface area contributed by atoms with Crippen LogP contribution in [0.15, 0.2) is 48.5 Å². The second-order valence-corrected chi connectivity index (χ2v) is 4.64. The van der Waals surface area contributed by atoms with Crippen molar-refractivity contribution in [3.05, 3.63) is 59.9 Å². The average molecular weight is 302 g/mol. The van der Waals surface area contributed by atoms with Crippen molar-refractivity contribution in [2.45, 2.75) is 6.42 Å². The molecule has 0 radical (unpaired) electrons. The molecule has 2 amide bonds. The second-order valence-electron chi connectivity index (χ2n) is 4.64. The Hall–Kier alpha value is -2.89. The van der Waals surface area contributed by atoms with E-state index in [9.17, 15) is 14.0 Å². The maximum Gasteiger partial charge on any atom is 0.313 e. The highest BCUT2D eigenvalue weighted by Crippen LogP contribution is 2.10. The van der Waals surface area contributed by atoms with Crippen LogP contribution >= 0.6 is 0 Å². The van der Waals surface area contributed by atoms with Crippen molar-refractivity contribution < 1.29 is 19.1 Å². The molecule has 0 spiro atoms. The molecule has 3 N–H and O–H groups in total. The summed E-state index contributed by atoms with van der Waals surface area (Å²) in [6.45, 7) is 0.278. The van der Waals surface area contributed by atoms with Crippen LogP contribution in [0.25, 0.3) is 0 Å². The summed E-state index contributed by atoms with van der Waals surface area (Å²) >= 11 is 0. The van der Waals surface area contributed by atoms with Gasteiger partial charge in [0.1, 0.15) is 11.6 Å². The van der Waals surface area contributed by atoms with Crippen LogP contribution in [0.4, 0.5) is 10.1 Å². The Balaban J connectivity index is 1.79. The van der Waals surface area contributed by atoms with E-state index < -0.39 is 17.6 Å². The zero-order valence-electron chi connectivity index (χ0n) is 11.7.